The SMILES string of the molecule is C[C@]12CC[C@@H]3c4ccc(OCC(=O)NCCCO)cc4CC[C@H]3[C@@H]1CC[C@@H]2OCCCOC(C(F)(F)F)(C(F)(F)F)C(F)(F)F. The van der Waals surface area contributed by atoms with Crippen LogP contribution in [0.15, 0.2) is 18.2 Å². The van der Waals surface area contributed by atoms with Crippen LogP contribution in [0, 0.1) is 17.3 Å². The van der Waals surface area contributed by atoms with E-state index < -0.39 is 37.2 Å². The maximum atomic E-state index is 13.1. The highest BCUT2D eigenvalue weighted by Crippen LogP contribution is 2.62. The van der Waals surface area contributed by atoms with Crippen molar-refractivity contribution < 1.29 is 63.6 Å². The highest BCUT2D eigenvalue weighted by atomic mass is 19.4. The smallest absolute Gasteiger partial charge is 0.435 e. The number of amides is 1. The molecule has 0 aliphatic heterocycles. The van der Waals surface area contributed by atoms with Gasteiger partial charge in [0.25, 0.3) is 5.91 Å². The van der Waals surface area contributed by atoms with E-state index >= 15 is 0 Å². The molecule has 0 spiro atoms. The van der Waals surface area contributed by atoms with Crippen LogP contribution < -0.4 is 10.1 Å². The molecule has 0 heterocycles. The molecular weight excluding hydrogens is 625 g/mol. The van der Waals surface area contributed by atoms with Crippen LogP contribution >= 0.6 is 0 Å². The number of rotatable bonds is 12. The fraction of sp³-hybridized carbons (Fsp3) is 0.767. The predicted octanol–water partition coefficient (Wildman–Crippen LogP) is 6.64. The van der Waals surface area contributed by atoms with Crippen molar-refractivity contribution in [1.29, 1.82) is 0 Å². The second-order valence-corrected chi connectivity index (χ2v) is 12.3. The zero-order chi connectivity index (χ0) is 33.3. The number of carbonyl (C=O) groups excluding carboxylic acids is 1. The van der Waals surface area contributed by atoms with E-state index in [1.54, 1.807) is 0 Å². The number of aryl methyl sites for hydroxylation is 1. The van der Waals surface area contributed by atoms with E-state index in [4.69, 9.17) is 14.6 Å². The molecule has 2 saturated carbocycles. The molecule has 2 N–H and O–H groups in total. The van der Waals surface area contributed by atoms with E-state index in [0.29, 0.717) is 31.1 Å². The van der Waals surface area contributed by atoms with Gasteiger partial charge in [-0.15, -0.1) is 0 Å². The van der Waals surface area contributed by atoms with Gasteiger partial charge in [0.15, 0.2) is 6.61 Å². The molecule has 1 amide bonds. The molecule has 0 saturated heterocycles. The first-order valence-corrected chi connectivity index (χ1v) is 15.0. The fourth-order valence-corrected chi connectivity index (χ4v) is 7.62. The molecule has 3 aliphatic rings. The highest BCUT2D eigenvalue weighted by molar-refractivity contribution is 5.77. The number of carbonyl (C=O) groups is 1. The summed E-state index contributed by atoms with van der Waals surface area (Å²) in [7, 11) is 0. The second kappa shape index (κ2) is 13.5. The van der Waals surface area contributed by atoms with Crippen LogP contribution in [-0.2, 0) is 20.7 Å². The third-order valence-electron chi connectivity index (χ3n) is 9.76. The van der Waals surface area contributed by atoms with Gasteiger partial charge in [0.05, 0.1) is 12.7 Å². The topological polar surface area (TPSA) is 77.0 Å². The van der Waals surface area contributed by atoms with E-state index in [9.17, 15) is 44.3 Å². The largest absolute Gasteiger partial charge is 0.484 e. The summed E-state index contributed by atoms with van der Waals surface area (Å²) in [4.78, 5) is 11.9. The van der Waals surface area contributed by atoms with Crippen LogP contribution in [-0.4, -0.2) is 74.2 Å². The number of hydrogen-bond donors (Lipinski definition) is 2. The van der Waals surface area contributed by atoms with Crippen molar-refractivity contribution in [3.05, 3.63) is 29.3 Å². The van der Waals surface area contributed by atoms with E-state index in [-0.39, 0.29) is 49.1 Å². The van der Waals surface area contributed by atoms with Gasteiger partial charge in [-0.2, -0.15) is 39.5 Å². The average Bonchev–Trinajstić information content (AvgIpc) is 3.27. The third-order valence-corrected chi connectivity index (χ3v) is 9.76. The van der Waals surface area contributed by atoms with Crippen LogP contribution in [0.5, 0.6) is 5.75 Å². The van der Waals surface area contributed by atoms with Crippen molar-refractivity contribution in [3.8, 4) is 5.75 Å². The van der Waals surface area contributed by atoms with Crippen molar-refractivity contribution in [1.82, 2.24) is 5.32 Å². The molecule has 6 nitrogen and oxygen atoms in total. The molecule has 256 valence electrons. The molecule has 3 aliphatic carbocycles. The number of benzene rings is 1. The fourth-order valence-electron chi connectivity index (χ4n) is 7.62. The van der Waals surface area contributed by atoms with Crippen LogP contribution in [0.2, 0.25) is 0 Å². The standard InChI is InChI=1S/C30H38F9NO5/c1-26-11-10-21-20-7-5-19(44-17-25(42)40-12-2-13-41)16-18(20)4-6-22(21)23(26)8-9-24(26)43-14-3-15-45-27(28(31,32)33,29(34,35)36)30(37,38)39/h5,7,16,21-24,41H,2-4,6,8-15,17H2,1H3,(H,40,42)/t21-,22-,23+,24+,26+/m1/s1. The summed E-state index contributed by atoms with van der Waals surface area (Å²) in [5, 5.41) is 11.5. The van der Waals surface area contributed by atoms with Crippen molar-refractivity contribution in [2.45, 2.75) is 94.4 Å². The first kappa shape index (κ1) is 35.6. The first-order chi connectivity index (χ1) is 21.0. The lowest BCUT2D eigenvalue weighted by molar-refractivity contribution is -0.457. The molecule has 4 rings (SSSR count). The van der Waals surface area contributed by atoms with Gasteiger partial charge in [0.2, 0.25) is 0 Å². The van der Waals surface area contributed by atoms with E-state index in [1.165, 1.54) is 5.56 Å². The summed E-state index contributed by atoms with van der Waals surface area (Å²) in [6.07, 6.45) is -15.9. The molecule has 0 radical (unpaired) electrons. The summed E-state index contributed by atoms with van der Waals surface area (Å²) in [5.74, 6) is 1.19. The van der Waals surface area contributed by atoms with Crippen LogP contribution in [0.4, 0.5) is 39.5 Å². The Labute approximate surface area is 255 Å². The lowest BCUT2D eigenvalue weighted by Crippen LogP contribution is -2.67. The molecule has 1 aromatic rings. The molecular formula is C30H38F9NO5. The molecule has 15 heteroatoms. The van der Waals surface area contributed by atoms with Gasteiger partial charge in [-0.25, -0.2) is 0 Å². The minimum absolute atomic E-state index is 0.0190. The monoisotopic (exact) mass is 663 g/mol. The quantitative estimate of drug-likeness (QED) is 0.194. The normalized spacial score (nSPS) is 27.0. The van der Waals surface area contributed by atoms with Gasteiger partial charge < -0.3 is 24.6 Å². The van der Waals surface area contributed by atoms with Crippen LogP contribution in [0.3, 0.4) is 0 Å². The zero-order valence-corrected chi connectivity index (χ0v) is 24.7. The summed E-state index contributed by atoms with van der Waals surface area (Å²) in [6, 6.07) is 5.82. The summed E-state index contributed by atoms with van der Waals surface area (Å²) < 4.78 is 133. The van der Waals surface area contributed by atoms with Crippen molar-refractivity contribution in [2.24, 2.45) is 17.3 Å². The molecule has 2 fully saturated rings. The Morgan fingerprint density at radius 2 is 1.64 bits per heavy atom. The van der Waals surface area contributed by atoms with Gasteiger partial charge in [-0.3, -0.25) is 4.79 Å². The zero-order valence-electron chi connectivity index (χ0n) is 24.7. The van der Waals surface area contributed by atoms with E-state index in [0.717, 1.165) is 37.7 Å². The summed E-state index contributed by atoms with van der Waals surface area (Å²) in [6.45, 7) is 0.497. The Morgan fingerprint density at radius 1 is 0.956 bits per heavy atom. The number of nitrogens with one attached hydrogen (secondary N) is 1. The lowest BCUT2D eigenvalue weighted by Gasteiger charge is -2.50. The number of aliphatic hydroxyl groups is 1. The number of halogens is 9. The lowest BCUT2D eigenvalue weighted by atomic mass is 9.55. The predicted molar refractivity (Wildman–Crippen MR) is 142 cm³/mol. The molecule has 0 bridgehead atoms. The van der Waals surface area contributed by atoms with Gasteiger partial charge in [-0.05, 0) is 97.8 Å². The number of fused-ring (bicyclic) bond motifs is 5. The number of ether oxygens (including phenoxy) is 3. The van der Waals surface area contributed by atoms with E-state index in [2.05, 4.69) is 17.0 Å². The maximum absolute atomic E-state index is 13.1. The minimum atomic E-state index is -6.75. The molecule has 1 aromatic carbocycles. The summed E-state index contributed by atoms with van der Waals surface area (Å²) >= 11 is 0. The van der Waals surface area contributed by atoms with Crippen LogP contribution in [0.1, 0.15) is 68.9 Å². The second-order valence-electron chi connectivity index (χ2n) is 12.3. The Hall–Kier alpha value is -2.26. The van der Waals surface area contributed by atoms with Gasteiger partial charge in [0.1, 0.15) is 5.75 Å². The third kappa shape index (κ3) is 7.04. The highest BCUT2D eigenvalue weighted by Gasteiger charge is 2.85. The molecule has 0 aromatic heterocycles. The summed E-state index contributed by atoms with van der Waals surface area (Å²) in [5.41, 5.74) is -4.19. The Kier molecular flexibility index (Phi) is 10.6. The average molecular weight is 664 g/mol. The van der Waals surface area contributed by atoms with Gasteiger partial charge >= 0.3 is 24.1 Å². The van der Waals surface area contributed by atoms with Gasteiger partial charge in [0, 0.05) is 19.8 Å². The minimum Gasteiger partial charge on any atom is -0.484 e. The molecule has 0 unspecified atom stereocenters. The number of alkyl halides is 9. The molecule has 5 atom stereocenters. The maximum Gasteiger partial charge on any atom is 0.435 e. The van der Waals surface area contributed by atoms with E-state index in [1.807, 2.05) is 18.2 Å². The number of hydrogen-bond acceptors (Lipinski definition) is 5. The Balaban J connectivity index is 1.32. The molecule has 45 heavy (non-hydrogen) atoms. The van der Waals surface area contributed by atoms with Crippen LogP contribution in [0.25, 0.3) is 0 Å². The first-order valence-electron chi connectivity index (χ1n) is 15.0. The van der Waals surface area contributed by atoms with Crippen molar-refractivity contribution in [2.75, 3.05) is 33.0 Å². The van der Waals surface area contributed by atoms with Gasteiger partial charge in [-0.1, -0.05) is 13.0 Å². The Morgan fingerprint density at radius 3 is 2.29 bits per heavy atom. The van der Waals surface area contributed by atoms with Crippen molar-refractivity contribution in [3.63, 3.8) is 0 Å². The van der Waals surface area contributed by atoms with Crippen molar-refractivity contribution >= 4 is 5.91 Å². The number of aliphatic hydroxyl groups excluding tert-OH is 1. The Bertz CT molecular complexity index is 1140.